The lowest BCUT2D eigenvalue weighted by molar-refractivity contribution is 0.0728. The van der Waals surface area contributed by atoms with Crippen molar-refractivity contribution in [3.8, 4) is 0 Å². The van der Waals surface area contributed by atoms with E-state index in [1.165, 1.54) is 0 Å². The standard InChI is InChI=1S/C16H18N6O2/c1-3-22-13-7-6-11(9-12(13)18-20-22)16(23)21-8-4-5-14(21)15-17-10(2)24-19-15/h6-7,9,14H,3-5,8H2,1-2H3. The van der Waals surface area contributed by atoms with E-state index in [9.17, 15) is 4.79 Å². The van der Waals surface area contributed by atoms with Crippen LogP contribution >= 0.6 is 0 Å². The Hall–Kier alpha value is -2.77. The second-order valence-corrected chi connectivity index (χ2v) is 5.94. The molecule has 2 aromatic heterocycles. The van der Waals surface area contributed by atoms with Gasteiger partial charge in [-0.3, -0.25) is 4.79 Å². The molecule has 1 aliphatic heterocycles. The summed E-state index contributed by atoms with van der Waals surface area (Å²) >= 11 is 0. The van der Waals surface area contributed by atoms with E-state index in [2.05, 4.69) is 20.5 Å². The SMILES string of the molecule is CCn1nnc2cc(C(=O)N3CCCC3c3noc(C)n3)ccc21. The van der Waals surface area contributed by atoms with Crippen LogP contribution < -0.4 is 0 Å². The van der Waals surface area contributed by atoms with Crippen LogP contribution in [0, 0.1) is 6.92 Å². The fraction of sp³-hybridized carbons (Fsp3) is 0.438. The molecule has 1 saturated heterocycles. The summed E-state index contributed by atoms with van der Waals surface area (Å²) in [5, 5.41) is 12.2. The molecule has 1 atom stereocenters. The number of rotatable bonds is 3. The molecule has 0 aliphatic carbocycles. The first kappa shape index (κ1) is 14.8. The highest BCUT2D eigenvalue weighted by atomic mass is 16.5. The molecule has 0 radical (unpaired) electrons. The van der Waals surface area contributed by atoms with Gasteiger partial charge in [-0.05, 0) is 38.0 Å². The first-order chi connectivity index (χ1) is 11.7. The molecular weight excluding hydrogens is 308 g/mol. The van der Waals surface area contributed by atoms with Gasteiger partial charge in [-0.1, -0.05) is 10.4 Å². The molecule has 1 aromatic carbocycles. The average molecular weight is 326 g/mol. The normalized spacial score (nSPS) is 17.8. The number of hydrogen-bond donors (Lipinski definition) is 0. The number of likely N-dealkylation sites (tertiary alicyclic amines) is 1. The summed E-state index contributed by atoms with van der Waals surface area (Å²) in [4.78, 5) is 19.0. The number of benzene rings is 1. The summed E-state index contributed by atoms with van der Waals surface area (Å²) in [6, 6.07) is 5.40. The van der Waals surface area contributed by atoms with E-state index in [-0.39, 0.29) is 11.9 Å². The lowest BCUT2D eigenvalue weighted by atomic mass is 10.1. The fourth-order valence-electron chi connectivity index (χ4n) is 3.23. The topological polar surface area (TPSA) is 89.9 Å². The second-order valence-electron chi connectivity index (χ2n) is 5.94. The van der Waals surface area contributed by atoms with Crippen LogP contribution in [0.2, 0.25) is 0 Å². The van der Waals surface area contributed by atoms with Crippen LogP contribution in [0.1, 0.15) is 47.9 Å². The predicted molar refractivity (Wildman–Crippen MR) is 85.2 cm³/mol. The number of fused-ring (bicyclic) bond motifs is 1. The molecule has 124 valence electrons. The third-order valence-electron chi connectivity index (χ3n) is 4.42. The lowest BCUT2D eigenvalue weighted by Gasteiger charge is -2.22. The van der Waals surface area contributed by atoms with Crippen LogP contribution in [0.5, 0.6) is 0 Å². The number of carbonyl (C=O) groups is 1. The Morgan fingerprint density at radius 3 is 3.04 bits per heavy atom. The predicted octanol–water partition coefficient (Wildman–Crippen LogP) is 2.12. The van der Waals surface area contributed by atoms with Crippen LogP contribution in [0.25, 0.3) is 11.0 Å². The zero-order valence-corrected chi connectivity index (χ0v) is 13.6. The second kappa shape index (κ2) is 5.70. The Bertz CT molecular complexity index is 899. The first-order valence-electron chi connectivity index (χ1n) is 8.12. The summed E-state index contributed by atoms with van der Waals surface area (Å²) in [6.07, 6.45) is 1.78. The summed E-state index contributed by atoms with van der Waals surface area (Å²) in [5.41, 5.74) is 2.27. The highest BCUT2D eigenvalue weighted by Crippen LogP contribution is 2.31. The molecule has 4 rings (SSSR count). The average Bonchev–Trinajstić information content (AvgIpc) is 3.31. The number of nitrogens with zero attached hydrogens (tertiary/aromatic N) is 6. The van der Waals surface area contributed by atoms with E-state index in [0.29, 0.717) is 23.8 Å². The Kier molecular flexibility index (Phi) is 3.51. The van der Waals surface area contributed by atoms with Crippen LogP contribution in [0.3, 0.4) is 0 Å². The first-order valence-corrected chi connectivity index (χ1v) is 8.12. The van der Waals surface area contributed by atoms with Gasteiger partial charge in [0.2, 0.25) is 5.89 Å². The van der Waals surface area contributed by atoms with E-state index in [4.69, 9.17) is 4.52 Å². The van der Waals surface area contributed by atoms with Crippen molar-refractivity contribution in [1.82, 2.24) is 30.0 Å². The molecule has 1 amide bonds. The zero-order chi connectivity index (χ0) is 16.7. The number of aromatic nitrogens is 5. The minimum atomic E-state index is -0.128. The molecule has 24 heavy (non-hydrogen) atoms. The Morgan fingerprint density at radius 2 is 2.29 bits per heavy atom. The zero-order valence-electron chi connectivity index (χ0n) is 13.6. The molecule has 0 bridgehead atoms. The van der Waals surface area contributed by atoms with Gasteiger partial charge in [-0.25, -0.2) is 4.68 Å². The van der Waals surface area contributed by atoms with E-state index in [1.54, 1.807) is 13.0 Å². The van der Waals surface area contributed by atoms with Crippen LogP contribution in [-0.2, 0) is 6.54 Å². The lowest BCUT2D eigenvalue weighted by Crippen LogP contribution is -2.31. The molecule has 1 unspecified atom stereocenters. The van der Waals surface area contributed by atoms with E-state index in [0.717, 1.165) is 30.4 Å². The van der Waals surface area contributed by atoms with Gasteiger partial charge in [0.1, 0.15) is 5.52 Å². The number of hydrogen-bond acceptors (Lipinski definition) is 6. The Labute approximate surface area is 138 Å². The maximum atomic E-state index is 12.9. The summed E-state index contributed by atoms with van der Waals surface area (Å²) in [5.74, 6) is 1.06. The van der Waals surface area contributed by atoms with Crippen molar-refractivity contribution in [3.05, 3.63) is 35.5 Å². The van der Waals surface area contributed by atoms with E-state index < -0.39 is 0 Å². The number of carbonyl (C=O) groups excluding carboxylic acids is 1. The van der Waals surface area contributed by atoms with Gasteiger partial charge in [0.25, 0.3) is 5.91 Å². The molecule has 1 fully saturated rings. The van der Waals surface area contributed by atoms with Gasteiger partial charge < -0.3 is 9.42 Å². The van der Waals surface area contributed by atoms with Crippen molar-refractivity contribution in [2.45, 2.75) is 39.3 Å². The molecular formula is C16H18N6O2. The largest absolute Gasteiger partial charge is 0.340 e. The fourth-order valence-corrected chi connectivity index (χ4v) is 3.23. The van der Waals surface area contributed by atoms with Crippen molar-refractivity contribution in [2.75, 3.05) is 6.54 Å². The van der Waals surface area contributed by atoms with Crippen molar-refractivity contribution in [3.63, 3.8) is 0 Å². The minimum absolute atomic E-state index is 0.0344. The Balaban J connectivity index is 1.65. The van der Waals surface area contributed by atoms with Crippen molar-refractivity contribution >= 4 is 16.9 Å². The molecule has 3 heterocycles. The molecule has 1 aliphatic rings. The minimum Gasteiger partial charge on any atom is -0.340 e. The van der Waals surface area contributed by atoms with Gasteiger partial charge in [0.15, 0.2) is 5.82 Å². The van der Waals surface area contributed by atoms with Gasteiger partial charge in [0.05, 0.1) is 11.6 Å². The summed E-state index contributed by atoms with van der Waals surface area (Å²) in [7, 11) is 0. The third kappa shape index (κ3) is 2.34. The van der Waals surface area contributed by atoms with Gasteiger partial charge in [0, 0.05) is 25.6 Å². The van der Waals surface area contributed by atoms with Crippen molar-refractivity contribution in [1.29, 1.82) is 0 Å². The van der Waals surface area contributed by atoms with Gasteiger partial charge in [-0.15, -0.1) is 5.10 Å². The maximum absolute atomic E-state index is 12.9. The molecule has 0 spiro atoms. The van der Waals surface area contributed by atoms with Crippen LogP contribution in [-0.4, -0.2) is 42.5 Å². The smallest absolute Gasteiger partial charge is 0.254 e. The van der Waals surface area contributed by atoms with Crippen LogP contribution in [0.4, 0.5) is 0 Å². The molecule has 3 aromatic rings. The quantitative estimate of drug-likeness (QED) is 0.732. The third-order valence-corrected chi connectivity index (χ3v) is 4.42. The van der Waals surface area contributed by atoms with Crippen molar-refractivity contribution < 1.29 is 9.32 Å². The number of amides is 1. The van der Waals surface area contributed by atoms with Crippen LogP contribution in [0.15, 0.2) is 22.7 Å². The Morgan fingerprint density at radius 1 is 1.42 bits per heavy atom. The van der Waals surface area contributed by atoms with Gasteiger partial charge in [-0.2, -0.15) is 4.98 Å². The highest BCUT2D eigenvalue weighted by Gasteiger charge is 2.33. The summed E-state index contributed by atoms with van der Waals surface area (Å²) < 4.78 is 6.87. The molecule has 0 N–H and O–H groups in total. The number of aryl methyl sites for hydroxylation is 2. The van der Waals surface area contributed by atoms with E-state index in [1.807, 2.05) is 28.6 Å². The highest BCUT2D eigenvalue weighted by molar-refractivity contribution is 5.97. The molecule has 8 heteroatoms. The van der Waals surface area contributed by atoms with E-state index >= 15 is 0 Å². The van der Waals surface area contributed by atoms with Crippen molar-refractivity contribution in [2.24, 2.45) is 0 Å². The molecule has 0 saturated carbocycles. The maximum Gasteiger partial charge on any atom is 0.254 e. The van der Waals surface area contributed by atoms with Gasteiger partial charge >= 0.3 is 0 Å². The summed E-state index contributed by atoms with van der Waals surface area (Å²) in [6.45, 7) is 5.20. The monoisotopic (exact) mass is 326 g/mol. The molecule has 8 nitrogen and oxygen atoms in total.